The Morgan fingerprint density at radius 1 is 1.11 bits per heavy atom. The molecule has 0 saturated carbocycles. The Hall–Kier alpha value is -0.690. The van der Waals surface area contributed by atoms with E-state index in [1.807, 2.05) is 11.8 Å². The van der Waals surface area contributed by atoms with Gasteiger partial charge in [-0.15, -0.1) is 11.8 Å². The maximum atomic E-state index is 3.83. The van der Waals surface area contributed by atoms with Crippen LogP contribution in [0.2, 0.25) is 0 Å². The number of unbranched alkanes of at least 4 members (excludes halogenated alkanes) is 4. The van der Waals surface area contributed by atoms with Gasteiger partial charge in [-0.2, -0.15) is 0 Å². The fourth-order valence-corrected chi connectivity index (χ4v) is 2.64. The van der Waals surface area contributed by atoms with E-state index in [-0.39, 0.29) is 0 Å². The van der Waals surface area contributed by atoms with E-state index >= 15 is 0 Å². The Kier molecular flexibility index (Phi) is 8.75. The Morgan fingerprint density at radius 3 is 2.56 bits per heavy atom. The van der Waals surface area contributed by atoms with E-state index < -0.39 is 0 Å². The highest BCUT2D eigenvalue weighted by Gasteiger charge is 1.94. The van der Waals surface area contributed by atoms with Gasteiger partial charge < -0.3 is 0 Å². The molecule has 0 unspecified atom stereocenters. The lowest BCUT2D eigenvalue weighted by molar-refractivity contribution is 0.706. The molecule has 1 radical (unpaired) electrons. The third-order valence-corrected chi connectivity index (χ3v) is 3.93. The second kappa shape index (κ2) is 10.3. The van der Waals surface area contributed by atoms with Gasteiger partial charge >= 0.3 is 0 Å². The van der Waals surface area contributed by atoms with Crippen molar-refractivity contribution < 1.29 is 0 Å². The van der Waals surface area contributed by atoms with Gasteiger partial charge in [0, 0.05) is 4.90 Å². The lowest BCUT2D eigenvalue weighted by Gasteiger charge is -2.02. The van der Waals surface area contributed by atoms with Gasteiger partial charge in [0.2, 0.25) is 0 Å². The van der Waals surface area contributed by atoms with Crippen LogP contribution in [-0.4, -0.2) is 5.75 Å². The first kappa shape index (κ1) is 15.4. The molecule has 18 heavy (non-hydrogen) atoms. The highest BCUT2D eigenvalue weighted by atomic mass is 32.2. The van der Waals surface area contributed by atoms with Crippen molar-refractivity contribution >= 4 is 17.8 Å². The van der Waals surface area contributed by atoms with Crippen molar-refractivity contribution in [2.75, 3.05) is 5.75 Å². The minimum atomic E-state index is 0.974. The van der Waals surface area contributed by atoms with E-state index in [9.17, 15) is 0 Å². The highest BCUT2D eigenvalue weighted by Crippen LogP contribution is 2.20. The molecule has 0 heterocycles. The van der Waals surface area contributed by atoms with E-state index in [1.165, 1.54) is 41.9 Å². The number of rotatable bonds is 9. The second-order valence-electron chi connectivity index (χ2n) is 4.52. The summed E-state index contributed by atoms with van der Waals surface area (Å²) in [6, 6.07) is 8.87. The van der Waals surface area contributed by atoms with Crippen molar-refractivity contribution in [2.45, 2.75) is 50.3 Å². The van der Waals surface area contributed by atoms with E-state index in [1.54, 1.807) is 0 Å². The maximum Gasteiger partial charge on any atom is 0.00723 e. The van der Waals surface area contributed by atoms with Crippen molar-refractivity contribution in [3.05, 3.63) is 42.8 Å². The van der Waals surface area contributed by atoms with Crippen molar-refractivity contribution in [2.24, 2.45) is 0 Å². The molecule has 0 fully saturated rings. The molecule has 0 saturated heterocycles. The summed E-state index contributed by atoms with van der Waals surface area (Å²) >= 11 is 1.97. The van der Waals surface area contributed by atoms with Gasteiger partial charge in [0.15, 0.2) is 0 Å². The first-order valence-electron chi connectivity index (χ1n) is 7.05. The van der Waals surface area contributed by atoms with E-state index in [4.69, 9.17) is 0 Å². The first-order chi connectivity index (χ1) is 8.86. The fourth-order valence-electron chi connectivity index (χ4n) is 1.73. The molecule has 0 spiro atoms. The predicted octanol–water partition coefficient (Wildman–Crippen LogP) is 5.99. The summed E-state index contributed by atoms with van der Waals surface area (Å²) in [6.45, 7) is 6.09. The Bertz CT molecular complexity index is 324. The van der Waals surface area contributed by atoms with Crippen LogP contribution >= 0.6 is 11.8 Å². The first-order valence-corrected chi connectivity index (χ1v) is 8.04. The summed E-state index contributed by atoms with van der Waals surface area (Å²) in [5, 5.41) is 0. The molecular formula is C17H25S. The predicted molar refractivity (Wildman–Crippen MR) is 84.9 cm³/mol. The lowest BCUT2D eigenvalue weighted by atomic mass is 10.2. The highest BCUT2D eigenvalue weighted by molar-refractivity contribution is 7.99. The molecule has 1 aromatic carbocycles. The average molecular weight is 261 g/mol. The number of thioether (sulfide) groups is 1. The minimum Gasteiger partial charge on any atom is -0.126 e. The molecule has 0 aliphatic heterocycles. The third kappa shape index (κ3) is 6.90. The van der Waals surface area contributed by atoms with Crippen LogP contribution in [0.5, 0.6) is 0 Å². The van der Waals surface area contributed by atoms with Gasteiger partial charge in [0.05, 0.1) is 0 Å². The lowest BCUT2D eigenvalue weighted by Crippen LogP contribution is -1.81. The molecule has 1 heteroatoms. The summed E-state index contributed by atoms with van der Waals surface area (Å²) in [6.07, 6.45) is 11.8. The molecule has 0 amide bonds. The van der Waals surface area contributed by atoms with Gasteiger partial charge in [0.1, 0.15) is 0 Å². The largest absolute Gasteiger partial charge is 0.126 e. The van der Waals surface area contributed by atoms with Crippen LogP contribution < -0.4 is 0 Å². The number of hydrogen-bond acceptors (Lipinski definition) is 1. The molecule has 0 bridgehead atoms. The van der Waals surface area contributed by atoms with Crippen molar-refractivity contribution in [3.63, 3.8) is 0 Å². The summed E-state index contributed by atoms with van der Waals surface area (Å²) in [5.74, 6) is 1.25. The van der Waals surface area contributed by atoms with E-state index in [2.05, 4.69) is 50.3 Å². The molecule has 1 rings (SSSR count). The molecule has 0 atom stereocenters. The zero-order valence-electron chi connectivity index (χ0n) is 11.5. The molecule has 99 valence electrons. The van der Waals surface area contributed by atoms with Crippen LogP contribution in [0.4, 0.5) is 0 Å². The topological polar surface area (TPSA) is 0 Å². The zero-order valence-corrected chi connectivity index (χ0v) is 12.3. The number of hydrogen-bond donors (Lipinski definition) is 0. The smallest absolute Gasteiger partial charge is 0.00723 e. The molecule has 0 aliphatic carbocycles. The molecular weight excluding hydrogens is 236 g/mol. The van der Waals surface area contributed by atoms with E-state index in [0.717, 1.165) is 12.8 Å². The quantitative estimate of drug-likeness (QED) is 0.389. The summed E-state index contributed by atoms with van der Waals surface area (Å²) in [5.41, 5.74) is 1.29. The van der Waals surface area contributed by atoms with Crippen LogP contribution in [-0.2, 0) is 0 Å². The minimum absolute atomic E-state index is 0.974. The Labute approximate surface area is 117 Å². The van der Waals surface area contributed by atoms with Crippen molar-refractivity contribution in [3.8, 4) is 0 Å². The average Bonchev–Trinajstić information content (AvgIpc) is 2.40. The van der Waals surface area contributed by atoms with E-state index in [0.29, 0.717) is 0 Å². The van der Waals surface area contributed by atoms with Crippen LogP contribution in [0.15, 0.2) is 35.2 Å². The standard InChI is InChI=1S/C17H25S/c1-3-5-7-9-15-18-17-13-11-16(12-14-17)10-8-6-4-2/h8,10-14H,2-7,9,15H2,1H3. The molecule has 1 aromatic rings. The Morgan fingerprint density at radius 2 is 1.89 bits per heavy atom. The maximum absolute atomic E-state index is 3.83. The molecule has 0 aromatic heterocycles. The van der Waals surface area contributed by atoms with Crippen LogP contribution in [0.3, 0.4) is 0 Å². The van der Waals surface area contributed by atoms with Crippen LogP contribution in [0.25, 0.3) is 6.08 Å². The molecule has 0 nitrogen and oxygen atoms in total. The van der Waals surface area contributed by atoms with Gasteiger partial charge in [-0.1, -0.05) is 57.4 Å². The molecule has 0 N–H and O–H groups in total. The van der Waals surface area contributed by atoms with Gasteiger partial charge in [-0.3, -0.25) is 0 Å². The van der Waals surface area contributed by atoms with Crippen molar-refractivity contribution in [1.29, 1.82) is 0 Å². The van der Waals surface area contributed by atoms with Gasteiger partial charge in [0.25, 0.3) is 0 Å². The Balaban J connectivity index is 2.27. The monoisotopic (exact) mass is 261 g/mol. The SMILES string of the molecule is [CH2]CCC=Cc1ccc(SCCCCCC)cc1. The number of allylic oxidation sites excluding steroid dienone is 1. The summed E-state index contributed by atoms with van der Waals surface area (Å²) in [7, 11) is 0. The number of benzene rings is 1. The third-order valence-electron chi connectivity index (χ3n) is 2.83. The van der Waals surface area contributed by atoms with Gasteiger partial charge in [-0.05, 0) is 42.7 Å². The zero-order chi connectivity index (χ0) is 13.1. The van der Waals surface area contributed by atoms with Gasteiger partial charge in [-0.25, -0.2) is 0 Å². The van der Waals surface area contributed by atoms with Crippen molar-refractivity contribution in [1.82, 2.24) is 0 Å². The second-order valence-corrected chi connectivity index (χ2v) is 5.69. The van der Waals surface area contributed by atoms with Crippen LogP contribution in [0, 0.1) is 6.92 Å². The summed E-state index contributed by atoms with van der Waals surface area (Å²) in [4.78, 5) is 1.39. The van der Waals surface area contributed by atoms with Crippen LogP contribution in [0.1, 0.15) is 51.0 Å². The fraction of sp³-hybridized carbons (Fsp3) is 0.471. The summed E-state index contributed by atoms with van der Waals surface area (Å²) < 4.78 is 0. The molecule has 0 aliphatic rings. The normalized spacial score (nSPS) is 11.2.